The molecular weight excluding hydrogens is 1010 g/mol. The highest BCUT2D eigenvalue weighted by Crippen LogP contribution is 2.19. The average Bonchev–Trinajstić information content (AvgIpc) is 3.47. The Hall–Kier alpha value is -2.63. The van der Waals surface area contributed by atoms with Gasteiger partial charge in [0.15, 0.2) is 6.10 Å². The molecule has 0 bridgehead atoms. The zero-order valence-corrected chi connectivity index (χ0v) is 55.3. The second-order valence-electron chi connectivity index (χ2n) is 24.8. The van der Waals surface area contributed by atoms with Crippen molar-refractivity contribution in [2.24, 2.45) is 0 Å². The number of rotatable bonds is 68. The minimum absolute atomic E-state index is 0.0707. The summed E-state index contributed by atoms with van der Waals surface area (Å²) in [6.45, 7) is 6.61. The first-order chi connectivity index (χ1) is 40.5. The number of carbonyl (C=O) groups is 3. The monoisotopic (exact) mass is 1150 g/mol. The van der Waals surface area contributed by atoms with E-state index < -0.39 is 6.10 Å². The first-order valence-electron chi connectivity index (χ1n) is 36.6. The summed E-state index contributed by atoms with van der Waals surface area (Å²) in [4.78, 5) is 38.5. The van der Waals surface area contributed by atoms with E-state index in [-0.39, 0.29) is 31.1 Å². The van der Waals surface area contributed by atoms with Gasteiger partial charge in [0, 0.05) is 19.3 Å². The molecule has 0 radical (unpaired) electrons. The third-order valence-electron chi connectivity index (χ3n) is 16.6. The Morgan fingerprint density at radius 2 is 0.476 bits per heavy atom. The summed E-state index contributed by atoms with van der Waals surface area (Å²) in [6, 6.07) is 0. The molecule has 0 aromatic rings. The van der Waals surface area contributed by atoms with Gasteiger partial charge < -0.3 is 14.2 Å². The van der Waals surface area contributed by atoms with E-state index in [0.717, 1.165) is 89.9 Å². The van der Waals surface area contributed by atoms with E-state index in [4.69, 9.17) is 14.2 Å². The van der Waals surface area contributed by atoms with Gasteiger partial charge in [0.1, 0.15) is 13.2 Å². The largest absolute Gasteiger partial charge is 0.462 e. The Kier molecular flexibility index (Phi) is 68.6. The maximum absolute atomic E-state index is 13.0. The van der Waals surface area contributed by atoms with E-state index in [1.54, 1.807) is 0 Å². The number of unbranched alkanes of at least 4 members (excludes halogenated alkanes) is 49. The van der Waals surface area contributed by atoms with Gasteiger partial charge in [-0.05, 0) is 57.8 Å². The van der Waals surface area contributed by atoms with Gasteiger partial charge in [-0.1, -0.05) is 371 Å². The van der Waals surface area contributed by atoms with Gasteiger partial charge in [-0.2, -0.15) is 0 Å². The van der Waals surface area contributed by atoms with Crippen LogP contribution < -0.4 is 0 Å². The fraction of sp³-hybridized carbons (Fsp3) is 0.855. The third-order valence-corrected chi connectivity index (χ3v) is 16.6. The number of hydrogen-bond acceptors (Lipinski definition) is 6. The molecule has 0 N–H and O–H groups in total. The van der Waals surface area contributed by atoms with Gasteiger partial charge in [0.25, 0.3) is 0 Å². The van der Waals surface area contributed by atoms with Crippen molar-refractivity contribution in [3.8, 4) is 0 Å². The van der Waals surface area contributed by atoms with Crippen LogP contribution >= 0.6 is 0 Å². The lowest BCUT2D eigenvalue weighted by atomic mass is 10.0. The van der Waals surface area contributed by atoms with Crippen molar-refractivity contribution < 1.29 is 28.6 Å². The Balaban J connectivity index is 4.30. The number of allylic oxidation sites excluding steroid dienone is 8. The summed E-state index contributed by atoms with van der Waals surface area (Å²) in [5.74, 6) is -0.847. The lowest BCUT2D eigenvalue weighted by Crippen LogP contribution is -2.30. The van der Waals surface area contributed by atoms with E-state index in [0.29, 0.717) is 19.3 Å². The van der Waals surface area contributed by atoms with Crippen LogP contribution in [0.25, 0.3) is 0 Å². The van der Waals surface area contributed by atoms with Gasteiger partial charge in [0.2, 0.25) is 0 Å². The van der Waals surface area contributed by atoms with Crippen LogP contribution in [0, 0.1) is 0 Å². The zero-order chi connectivity index (χ0) is 59.2. The zero-order valence-electron chi connectivity index (χ0n) is 55.3. The molecule has 0 aromatic carbocycles. The Bertz CT molecular complexity index is 1410. The molecule has 82 heavy (non-hydrogen) atoms. The van der Waals surface area contributed by atoms with Crippen molar-refractivity contribution in [2.75, 3.05) is 13.2 Å². The topological polar surface area (TPSA) is 78.9 Å². The molecule has 0 aliphatic carbocycles. The summed E-state index contributed by atoms with van der Waals surface area (Å²) in [6.07, 6.45) is 90.0. The Morgan fingerprint density at radius 1 is 0.256 bits per heavy atom. The van der Waals surface area contributed by atoms with Gasteiger partial charge in [0.05, 0.1) is 0 Å². The standard InChI is InChI=1S/C76H140O6/c1-4-7-10-13-16-19-22-25-28-31-34-36-37-38-39-41-42-45-48-51-54-57-60-63-66-69-75(78)81-72-73(71-80-74(77)68-65-62-59-56-53-50-47-44-33-30-27-24-21-18-15-12-9-6-3)82-76(79)70-67-64-61-58-55-52-49-46-43-40-35-32-29-26-23-20-17-14-11-8-5-2/h8,11,17,20,26,29,35,40,73H,4-7,9-10,12-16,18-19,21-25,27-28,30-34,36-39,41-72H2,1-3H3/b11-8-,20-17-,29-26-,40-35-. The number of hydrogen-bond donors (Lipinski definition) is 0. The van der Waals surface area contributed by atoms with Gasteiger partial charge in [-0.3, -0.25) is 14.4 Å². The molecule has 0 aromatic heterocycles. The molecule has 0 fully saturated rings. The molecule has 0 saturated heterocycles. The lowest BCUT2D eigenvalue weighted by molar-refractivity contribution is -0.167. The third kappa shape index (κ3) is 68.2. The highest BCUT2D eigenvalue weighted by Gasteiger charge is 2.19. The van der Waals surface area contributed by atoms with Crippen molar-refractivity contribution >= 4 is 17.9 Å². The van der Waals surface area contributed by atoms with Crippen LogP contribution in [-0.4, -0.2) is 37.2 Å². The molecular formula is C76H140O6. The summed E-state index contributed by atoms with van der Waals surface area (Å²) in [5, 5.41) is 0. The van der Waals surface area contributed by atoms with E-state index in [1.807, 2.05) is 0 Å². The SMILES string of the molecule is CC/C=C\C/C=C\C/C=C\C/C=C\CCCCCCCCCCC(=O)OC(COC(=O)CCCCCCCCCCCCCCCCCCCC)COC(=O)CCCCCCCCCCCCCCCCCCCCCCCCCCC. The van der Waals surface area contributed by atoms with Gasteiger partial charge in [-0.15, -0.1) is 0 Å². The lowest BCUT2D eigenvalue weighted by Gasteiger charge is -2.18. The maximum atomic E-state index is 13.0. The maximum Gasteiger partial charge on any atom is 0.306 e. The second-order valence-corrected chi connectivity index (χ2v) is 24.8. The molecule has 0 saturated carbocycles. The normalized spacial score (nSPS) is 12.3. The molecule has 1 atom stereocenters. The molecule has 1 unspecified atom stereocenters. The Morgan fingerprint density at radius 3 is 0.744 bits per heavy atom. The summed E-state index contributed by atoms with van der Waals surface area (Å²) >= 11 is 0. The molecule has 0 aliphatic rings. The predicted octanol–water partition coefficient (Wildman–Crippen LogP) is 25.3. The molecule has 6 nitrogen and oxygen atoms in total. The highest BCUT2D eigenvalue weighted by atomic mass is 16.6. The van der Waals surface area contributed by atoms with Gasteiger partial charge in [-0.25, -0.2) is 0 Å². The fourth-order valence-electron chi connectivity index (χ4n) is 11.1. The predicted molar refractivity (Wildman–Crippen MR) is 358 cm³/mol. The first-order valence-corrected chi connectivity index (χ1v) is 36.6. The molecule has 6 heteroatoms. The number of ether oxygens (including phenoxy) is 3. The van der Waals surface area contributed by atoms with E-state index in [9.17, 15) is 14.4 Å². The van der Waals surface area contributed by atoms with Crippen LogP contribution in [0.3, 0.4) is 0 Å². The van der Waals surface area contributed by atoms with Crippen molar-refractivity contribution in [2.45, 2.75) is 406 Å². The van der Waals surface area contributed by atoms with Crippen molar-refractivity contribution in [1.29, 1.82) is 0 Å². The quantitative estimate of drug-likeness (QED) is 0.0261. The summed E-state index contributed by atoms with van der Waals surface area (Å²) in [5.41, 5.74) is 0. The van der Waals surface area contributed by atoms with E-state index in [2.05, 4.69) is 69.4 Å². The minimum atomic E-state index is -0.776. The van der Waals surface area contributed by atoms with Crippen LogP contribution in [-0.2, 0) is 28.6 Å². The van der Waals surface area contributed by atoms with Crippen LogP contribution in [0.2, 0.25) is 0 Å². The van der Waals surface area contributed by atoms with Crippen molar-refractivity contribution in [3.63, 3.8) is 0 Å². The molecule has 0 heterocycles. The van der Waals surface area contributed by atoms with Crippen molar-refractivity contribution in [3.05, 3.63) is 48.6 Å². The Labute approximate surface area is 511 Å². The highest BCUT2D eigenvalue weighted by molar-refractivity contribution is 5.71. The second kappa shape index (κ2) is 70.9. The summed E-state index contributed by atoms with van der Waals surface area (Å²) in [7, 11) is 0. The smallest absolute Gasteiger partial charge is 0.306 e. The van der Waals surface area contributed by atoms with Gasteiger partial charge >= 0.3 is 17.9 Å². The fourth-order valence-corrected chi connectivity index (χ4v) is 11.1. The molecule has 0 rings (SSSR count). The molecule has 0 spiro atoms. The molecule has 0 aliphatic heterocycles. The van der Waals surface area contributed by atoms with Crippen LogP contribution in [0.5, 0.6) is 0 Å². The number of carbonyl (C=O) groups excluding carboxylic acids is 3. The summed E-state index contributed by atoms with van der Waals surface area (Å²) < 4.78 is 17.0. The first kappa shape index (κ1) is 79.4. The van der Waals surface area contributed by atoms with E-state index in [1.165, 1.54) is 270 Å². The van der Waals surface area contributed by atoms with Crippen LogP contribution in [0.15, 0.2) is 48.6 Å². The van der Waals surface area contributed by atoms with Crippen LogP contribution in [0.1, 0.15) is 400 Å². The molecule has 0 amide bonds. The average molecular weight is 1150 g/mol. The van der Waals surface area contributed by atoms with Crippen molar-refractivity contribution in [1.82, 2.24) is 0 Å². The van der Waals surface area contributed by atoms with Crippen LogP contribution in [0.4, 0.5) is 0 Å². The number of esters is 3. The molecule has 480 valence electrons. The van der Waals surface area contributed by atoms with E-state index >= 15 is 0 Å². The minimum Gasteiger partial charge on any atom is -0.462 e.